The van der Waals surface area contributed by atoms with E-state index in [-0.39, 0.29) is 11.8 Å². The van der Waals surface area contributed by atoms with Gasteiger partial charge in [-0.15, -0.1) is 0 Å². The first kappa shape index (κ1) is 23.3. The molecule has 0 aromatic heterocycles. The third kappa shape index (κ3) is 6.58. The molecule has 1 saturated heterocycles. The third-order valence-corrected chi connectivity index (χ3v) is 5.97. The molecule has 3 aromatic rings. The minimum absolute atomic E-state index is 0.118. The van der Waals surface area contributed by atoms with Gasteiger partial charge in [0.1, 0.15) is 0 Å². The monoisotopic (exact) mass is 453 g/mol. The highest BCUT2D eigenvalue weighted by Crippen LogP contribution is 2.27. The normalized spacial score (nSPS) is 13.6. The number of benzene rings is 3. The molecule has 0 spiro atoms. The standard InChI is InChI=1S/C29H31N3O2/c33-28(17-14-23-10-4-1-5-11-23)31-25-15-16-27(32-20-8-3-9-21-32)26(22-25)29(34)30-19-18-24-12-6-2-7-13-24/h1-2,4-7,10-17,22H,3,8-9,18-21H2,(H,30,34)(H,31,33). The highest BCUT2D eigenvalue weighted by atomic mass is 16.2. The molecule has 1 aliphatic rings. The van der Waals surface area contributed by atoms with Crippen molar-refractivity contribution in [2.24, 2.45) is 0 Å². The van der Waals surface area contributed by atoms with Crippen LogP contribution in [0.25, 0.3) is 6.08 Å². The molecule has 1 heterocycles. The average Bonchev–Trinajstić information content (AvgIpc) is 2.89. The van der Waals surface area contributed by atoms with Crippen molar-refractivity contribution in [2.45, 2.75) is 25.7 Å². The summed E-state index contributed by atoms with van der Waals surface area (Å²) in [7, 11) is 0. The van der Waals surface area contributed by atoms with Crippen LogP contribution in [0.5, 0.6) is 0 Å². The zero-order chi connectivity index (χ0) is 23.6. The van der Waals surface area contributed by atoms with Gasteiger partial charge < -0.3 is 15.5 Å². The van der Waals surface area contributed by atoms with E-state index < -0.39 is 0 Å². The van der Waals surface area contributed by atoms with Gasteiger partial charge in [-0.3, -0.25) is 9.59 Å². The maximum absolute atomic E-state index is 13.2. The van der Waals surface area contributed by atoms with E-state index in [4.69, 9.17) is 0 Å². The molecule has 0 atom stereocenters. The van der Waals surface area contributed by atoms with E-state index >= 15 is 0 Å². The molecule has 34 heavy (non-hydrogen) atoms. The Balaban J connectivity index is 1.47. The molecule has 2 N–H and O–H groups in total. The highest BCUT2D eigenvalue weighted by molar-refractivity contribution is 6.05. The van der Waals surface area contributed by atoms with Crippen LogP contribution in [0.1, 0.15) is 40.7 Å². The first-order valence-electron chi connectivity index (χ1n) is 11.9. The fourth-order valence-corrected chi connectivity index (χ4v) is 4.19. The molecule has 0 saturated carbocycles. The summed E-state index contributed by atoms with van der Waals surface area (Å²) in [5.74, 6) is -0.350. The Morgan fingerprint density at radius 3 is 2.29 bits per heavy atom. The SMILES string of the molecule is O=C(C=Cc1ccccc1)Nc1ccc(N2CCCCC2)c(C(=O)NCCc2ccccc2)c1. The second-order valence-electron chi connectivity index (χ2n) is 8.50. The Morgan fingerprint density at radius 2 is 1.56 bits per heavy atom. The van der Waals surface area contributed by atoms with E-state index in [0.717, 1.165) is 43.6 Å². The summed E-state index contributed by atoms with van der Waals surface area (Å²) in [4.78, 5) is 27.9. The van der Waals surface area contributed by atoms with E-state index in [1.165, 1.54) is 18.1 Å². The smallest absolute Gasteiger partial charge is 0.253 e. The van der Waals surface area contributed by atoms with Crippen molar-refractivity contribution < 1.29 is 9.59 Å². The summed E-state index contributed by atoms with van der Waals surface area (Å²) in [6.45, 7) is 2.43. The second-order valence-corrected chi connectivity index (χ2v) is 8.50. The minimum Gasteiger partial charge on any atom is -0.371 e. The van der Waals surface area contributed by atoms with Crippen molar-refractivity contribution in [3.05, 3.63) is 102 Å². The van der Waals surface area contributed by atoms with Crippen LogP contribution in [0.4, 0.5) is 11.4 Å². The van der Waals surface area contributed by atoms with Gasteiger partial charge in [-0.05, 0) is 61.1 Å². The quantitative estimate of drug-likeness (QED) is 0.455. The van der Waals surface area contributed by atoms with Gasteiger partial charge in [0.15, 0.2) is 0 Å². The van der Waals surface area contributed by atoms with Gasteiger partial charge in [0.2, 0.25) is 5.91 Å². The first-order valence-corrected chi connectivity index (χ1v) is 11.9. The third-order valence-electron chi connectivity index (χ3n) is 5.97. The summed E-state index contributed by atoms with van der Waals surface area (Å²) < 4.78 is 0. The van der Waals surface area contributed by atoms with Crippen molar-refractivity contribution in [1.82, 2.24) is 5.32 Å². The number of carbonyl (C=O) groups excluding carboxylic acids is 2. The van der Waals surface area contributed by atoms with Crippen LogP contribution in [-0.4, -0.2) is 31.4 Å². The van der Waals surface area contributed by atoms with Crippen molar-refractivity contribution >= 4 is 29.3 Å². The zero-order valence-corrected chi connectivity index (χ0v) is 19.4. The van der Waals surface area contributed by atoms with E-state index in [2.05, 4.69) is 27.7 Å². The van der Waals surface area contributed by atoms with Gasteiger partial charge in [0, 0.05) is 37.1 Å². The number of hydrogen-bond acceptors (Lipinski definition) is 3. The molecule has 174 valence electrons. The van der Waals surface area contributed by atoms with Crippen LogP contribution in [-0.2, 0) is 11.2 Å². The minimum atomic E-state index is -0.231. The van der Waals surface area contributed by atoms with Crippen LogP contribution >= 0.6 is 0 Å². The Bertz CT molecular complexity index is 1120. The topological polar surface area (TPSA) is 61.4 Å². The van der Waals surface area contributed by atoms with Gasteiger partial charge >= 0.3 is 0 Å². The van der Waals surface area contributed by atoms with Crippen molar-refractivity contribution in [1.29, 1.82) is 0 Å². The Labute approximate surface area is 201 Å². The average molecular weight is 454 g/mol. The van der Waals surface area contributed by atoms with Crippen molar-refractivity contribution in [2.75, 3.05) is 29.9 Å². The fourth-order valence-electron chi connectivity index (χ4n) is 4.19. The van der Waals surface area contributed by atoms with E-state index in [1.807, 2.05) is 60.7 Å². The zero-order valence-electron chi connectivity index (χ0n) is 19.4. The van der Waals surface area contributed by atoms with Crippen molar-refractivity contribution in [3.8, 4) is 0 Å². The molecule has 1 aliphatic heterocycles. The molecule has 0 bridgehead atoms. The first-order chi connectivity index (χ1) is 16.7. The Kier molecular flexibility index (Phi) is 8.12. The number of rotatable bonds is 8. The summed E-state index contributed by atoms with van der Waals surface area (Å²) in [5.41, 5.74) is 4.27. The molecule has 0 unspecified atom stereocenters. The van der Waals surface area contributed by atoms with Gasteiger partial charge in [-0.1, -0.05) is 60.7 Å². The number of nitrogens with one attached hydrogen (secondary N) is 2. The lowest BCUT2D eigenvalue weighted by atomic mass is 10.1. The van der Waals surface area contributed by atoms with Gasteiger partial charge in [0.25, 0.3) is 5.91 Å². The highest BCUT2D eigenvalue weighted by Gasteiger charge is 2.19. The second kappa shape index (κ2) is 11.8. The Hall–Kier alpha value is -3.86. The molecular weight excluding hydrogens is 422 g/mol. The van der Waals surface area contributed by atoms with Crippen molar-refractivity contribution in [3.63, 3.8) is 0 Å². The molecule has 1 fully saturated rings. The number of anilines is 2. The van der Waals surface area contributed by atoms with E-state index in [1.54, 1.807) is 12.1 Å². The van der Waals surface area contributed by atoms with Crippen LogP contribution in [0, 0.1) is 0 Å². The summed E-state index contributed by atoms with van der Waals surface area (Å²) in [6, 6.07) is 25.4. The van der Waals surface area contributed by atoms with E-state index in [9.17, 15) is 9.59 Å². The van der Waals surface area contributed by atoms with Crippen LogP contribution < -0.4 is 15.5 Å². The Morgan fingerprint density at radius 1 is 0.853 bits per heavy atom. The predicted molar refractivity (Wildman–Crippen MR) is 139 cm³/mol. The van der Waals surface area contributed by atoms with Gasteiger partial charge in [-0.25, -0.2) is 0 Å². The molecule has 0 radical (unpaired) electrons. The molecule has 3 aromatic carbocycles. The lowest BCUT2D eigenvalue weighted by molar-refractivity contribution is -0.111. The van der Waals surface area contributed by atoms with Crippen LogP contribution in [0.15, 0.2) is 84.9 Å². The fraction of sp³-hybridized carbons (Fsp3) is 0.241. The molecule has 5 nitrogen and oxygen atoms in total. The predicted octanol–water partition coefficient (Wildman–Crippen LogP) is 5.30. The largest absolute Gasteiger partial charge is 0.371 e. The number of nitrogens with zero attached hydrogens (tertiary/aromatic N) is 1. The maximum Gasteiger partial charge on any atom is 0.253 e. The molecule has 4 rings (SSSR count). The molecule has 2 amide bonds. The number of carbonyl (C=O) groups is 2. The lowest BCUT2D eigenvalue weighted by Crippen LogP contribution is -2.33. The number of piperidine rings is 1. The van der Waals surface area contributed by atoms with Gasteiger partial charge in [-0.2, -0.15) is 0 Å². The van der Waals surface area contributed by atoms with Crippen LogP contribution in [0.3, 0.4) is 0 Å². The summed E-state index contributed by atoms with van der Waals surface area (Å²) in [5, 5.41) is 5.96. The lowest BCUT2D eigenvalue weighted by Gasteiger charge is -2.30. The number of amides is 2. The van der Waals surface area contributed by atoms with Crippen LogP contribution in [0.2, 0.25) is 0 Å². The van der Waals surface area contributed by atoms with E-state index in [0.29, 0.717) is 17.8 Å². The molecule has 0 aliphatic carbocycles. The van der Waals surface area contributed by atoms with Gasteiger partial charge in [0.05, 0.1) is 5.56 Å². The molecular formula is C29H31N3O2. The summed E-state index contributed by atoms with van der Waals surface area (Å²) >= 11 is 0. The number of hydrogen-bond donors (Lipinski definition) is 2. The molecule has 5 heteroatoms. The summed E-state index contributed by atoms with van der Waals surface area (Å²) in [6.07, 6.45) is 7.51. The maximum atomic E-state index is 13.2.